The molecule has 0 aliphatic carbocycles. The van der Waals surface area contributed by atoms with Crippen LogP contribution >= 0.6 is 0 Å². The SMILES string of the molecule is COCCCNC(=O)C(Cc1ccccn1)c1ccccc1. The molecule has 0 fully saturated rings. The third-order valence-electron chi connectivity index (χ3n) is 3.48. The molecule has 2 rings (SSSR count). The summed E-state index contributed by atoms with van der Waals surface area (Å²) in [6.45, 7) is 1.27. The van der Waals surface area contributed by atoms with Gasteiger partial charge in [-0.15, -0.1) is 0 Å². The van der Waals surface area contributed by atoms with Gasteiger partial charge >= 0.3 is 0 Å². The fourth-order valence-electron chi connectivity index (χ4n) is 2.33. The Morgan fingerprint density at radius 3 is 2.64 bits per heavy atom. The molecule has 1 unspecified atom stereocenters. The lowest BCUT2D eigenvalue weighted by atomic mass is 9.93. The average molecular weight is 298 g/mol. The zero-order valence-electron chi connectivity index (χ0n) is 12.9. The van der Waals surface area contributed by atoms with Crippen molar-refractivity contribution >= 4 is 5.91 Å². The number of carbonyl (C=O) groups is 1. The van der Waals surface area contributed by atoms with E-state index in [1.54, 1.807) is 13.3 Å². The van der Waals surface area contributed by atoms with E-state index in [1.165, 1.54) is 0 Å². The number of ether oxygens (including phenoxy) is 1. The zero-order valence-corrected chi connectivity index (χ0v) is 12.9. The van der Waals surface area contributed by atoms with Gasteiger partial charge in [0.05, 0.1) is 5.92 Å². The Labute approximate surface area is 131 Å². The highest BCUT2D eigenvalue weighted by atomic mass is 16.5. The summed E-state index contributed by atoms with van der Waals surface area (Å²) in [6.07, 6.45) is 3.17. The summed E-state index contributed by atoms with van der Waals surface area (Å²) < 4.78 is 5.00. The molecule has 0 aliphatic heterocycles. The van der Waals surface area contributed by atoms with Gasteiger partial charge in [-0.2, -0.15) is 0 Å². The van der Waals surface area contributed by atoms with Gasteiger partial charge in [0.15, 0.2) is 0 Å². The van der Waals surface area contributed by atoms with Crippen LogP contribution in [0.2, 0.25) is 0 Å². The van der Waals surface area contributed by atoms with Crippen molar-refractivity contribution in [2.24, 2.45) is 0 Å². The fourth-order valence-corrected chi connectivity index (χ4v) is 2.33. The van der Waals surface area contributed by atoms with Crippen molar-refractivity contribution in [1.29, 1.82) is 0 Å². The number of benzene rings is 1. The van der Waals surface area contributed by atoms with Gasteiger partial charge in [-0.3, -0.25) is 9.78 Å². The third kappa shape index (κ3) is 4.97. The molecule has 0 spiro atoms. The van der Waals surface area contributed by atoms with E-state index in [0.717, 1.165) is 17.7 Å². The highest BCUT2D eigenvalue weighted by molar-refractivity contribution is 5.83. The molecule has 0 bridgehead atoms. The van der Waals surface area contributed by atoms with Crippen molar-refractivity contribution in [2.45, 2.75) is 18.8 Å². The van der Waals surface area contributed by atoms with Crippen molar-refractivity contribution in [3.63, 3.8) is 0 Å². The lowest BCUT2D eigenvalue weighted by molar-refractivity contribution is -0.122. The number of nitrogens with one attached hydrogen (secondary N) is 1. The van der Waals surface area contributed by atoms with Gasteiger partial charge in [-0.05, 0) is 24.1 Å². The van der Waals surface area contributed by atoms with Gasteiger partial charge in [0.2, 0.25) is 5.91 Å². The molecule has 0 aliphatic rings. The van der Waals surface area contributed by atoms with Crippen molar-refractivity contribution in [3.05, 3.63) is 66.0 Å². The first-order chi connectivity index (χ1) is 10.8. The summed E-state index contributed by atoms with van der Waals surface area (Å²) in [4.78, 5) is 16.9. The van der Waals surface area contributed by atoms with Gasteiger partial charge in [0.25, 0.3) is 0 Å². The summed E-state index contributed by atoms with van der Waals surface area (Å²) in [6, 6.07) is 15.6. The summed E-state index contributed by atoms with van der Waals surface area (Å²) in [7, 11) is 1.66. The lowest BCUT2D eigenvalue weighted by Crippen LogP contribution is -2.32. The molecule has 116 valence electrons. The number of amides is 1. The Morgan fingerprint density at radius 1 is 1.18 bits per heavy atom. The highest BCUT2D eigenvalue weighted by Crippen LogP contribution is 2.20. The maximum atomic E-state index is 12.5. The molecule has 0 saturated carbocycles. The molecule has 1 amide bonds. The number of hydrogen-bond donors (Lipinski definition) is 1. The molecule has 4 heteroatoms. The number of nitrogens with zero attached hydrogens (tertiary/aromatic N) is 1. The molecule has 1 heterocycles. The highest BCUT2D eigenvalue weighted by Gasteiger charge is 2.21. The van der Waals surface area contributed by atoms with E-state index in [9.17, 15) is 4.79 Å². The Hall–Kier alpha value is -2.20. The minimum Gasteiger partial charge on any atom is -0.385 e. The first kappa shape index (κ1) is 16.2. The van der Waals surface area contributed by atoms with Gasteiger partial charge < -0.3 is 10.1 Å². The molecule has 0 radical (unpaired) electrons. The zero-order chi connectivity index (χ0) is 15.6. The number of methoxy groups -OCH3 is 1. The van der Waals surface area contributed by atoms with E-state index in [-0.39, 0.29) is 11.8 Å². The average Bonchev–Trinajstić information content (AvgIpc) is 2.58. The van der Waals surface area contributed by atoms with Gasteiger partial charge in [0.1, 0.15) is 0 Å². The first-order valence-electron chi connectivity index (χ1n) is 7.52. The van der Waals surface area contributed by atoms with Gasteiger partial charge in [-0.25, -0.2) is 0 Å². The molecular formula is C18H22N2O2. The smallest absolute Gasteiger partial charge is 0.227 e. The van der Waals surface area contributed by atoms with Crippen LogP contribution in [0.1, 0.15) is 23.6 Å². The van der Waals surface area contributed by atoms with E-state index >= 15 is 0 Å². The maximum absolute atomic E-state index is 12.5. The number of hydrogen-bond acceptors (Lipinski definition) is 3. The largest absolute Gasteiger partial charge is 0.385 e. The normalized spacial score (nSPS) is 11.9. The van der Waals surface area contributed by atoms with E-state index in [0.29, 0.717) is 19.6 Å². The van der Waals surface area contributed by atoms with E-state index in [1.807, 2.05) is 48.5 Å². The molecule has 0 saturated heterocycles. The van der Waals surface area contributed by atoms with Crippen LogP contribution in [0.5, 0.6) is 0 Å². The van der Waals surface area contributed by atoms with Crippen molar-refractivity contribution in [3.8, 4) is 0 Å². The summed E-state index contributed by atoms with van der Waals surface area (Å²) in [5, 5.41) is 2.99. The number of rotatable bonds is 8. The predicted molar refractivity (Wildman–Crippen MR) is 86.6 cm³/mol. The van der Waals surface area contributed by atoms with Crippen LogP contribution in [0.3, 0.4) is 0 Å². The Bertz CT molecular complexity index is 558. The van der Waals surface area contributed by atoms with Crippen LogP contribution in [0.4, 0.5) is 0 Å². The van der Waals surface area contributed by atoms with Crippen LogP contribution in [-0.2, 0) is 16.0 Å². The third-order valence-corrected chi connectivity index (χ3v) is 3.48. The molecule has 1 aromatic heterocycles. The second-order valence-corrected chi connectivity index (χ2v) is 5.13. The van der Waals surface area contributed by atoms with Crippen LogP contribution < -0.4 is 5.32 Å². The predicted octanol–water partition coefficient (Wildman–Crippen LogP) is 2.56. The van der Waals surface area contributed by atoms with Crippen molar-refractivity contribution in [1.82, 2.24) is 10.3 Å². The number of pyridine rings is 1. The van der Waals surface area contributed by atoms with Crippen molar-refractivity contribution in [2.75, 3.05) is 20.3 Å². The lowest BCUT2D eigenvalue weighted by Gasteiger charge is -2.17. The summed E-state index contributed by atoms with van der Waals surface area (Å²) in [5.41, 5.74) is 1.93. The van der Waals surface area contributed by atoms with E-state index < -0.39 is 0 Å². The molecule has 4 nitrogen and oxygen atoms in total. The second-order valence-electron chi connectivity index (χ2n) is 5.13. The fraction of sp³-hybridized carbons (Fsp3) is 0.333. The quantitative estimate of drug-likeness (QED) is 0.762. The van der Waals surface area contributed by atoms with Crippen LogP contribution in [-0.4, -0.2) is 31.2 Å². The summed E-state index contributed by atoms with van der Waals surface area (Å²) in [5.74, 6) is -0.188. The molecule has 1 N–H and O–H groups in total. The molecule has 1 atom stereocenters. The molecule has 2 aromatic rings. The maximum Gasteiger partial charge on any atom is 0.227 e. The van der Waals surface area contributed by atoms with E-state index in [4.69, 9.17) is 4.74 Å². The Kier molecular flexibility index (Phi) is 6.58. The standard InChI is InChI=1S/C18H22N2O2/c1-22-13-7-12-20-18(21)17(15-8-3-2-4-9-15)14-16-10-5-6-11-19-16/h2-6,8-11,17H,7,12-14H2,1H3,(H,20,21). The number of carbonyl (C=O) groups excluding carboxylic acids is 1. The minimum absolute atomic E-state index is 0.0351. The number of aromatic nitrogens is 1. The first-order valence-corrected chi connectivity index (χ1v) is 7.52. The minimum atomic E-state index is -0.223. The van der Waals surface area contributed by atoms with Crippen molar-refractivity contribution < 1.29 is 9.53 Å². The molecule has 1 aromatic carbocycles. The van der Waals surface area contributed by atoms with Crippen LogP contribution in [0.25, 0.3) is 0 Å². The Balaban J connectivity index is 2.06. The van der Waals surface area contributed by atoms with Crippen LogP contribution in [0, 0.1) is 0 Å². The molecule has 22 heavy (non-hydrogen) atoms. The van der Waals surface area contributed by atoms with Crippen LogP contribution in [0.15, 0.2) is 54.7 Å². The van der Waals surface area contributed by atoms with Gasteiger partial charge in [0, 0.05) is 38.6 Å². The Morgan fingerprint density at radius 2 is 1.95 bits per heavy atom. The van der Waals surface area contributed by atoms with Gasteiger partial charge in [-0.1, -0.05) is 36.4 Å². The summed E-state index contributed by atoms with van der Waals surface area (Å²) >= 11 is 0. The molecular weight excluding hydrogens is 276 g/mol. The van der Waals surface area contributed by atoms with E-state index in [2.05, 4.69) is 10.3 Å². The second kappa shape index (κ2) is 8.95. The monoisotopic (exact) mass is 298 g/mol. The topological polar surface area (TPSA) is 51.2 Å².